The summed E-state index contributed by atoms with van der Waals surface area (Å²) >= 11 is 0. The van der Waals surface area contributed by atoms with Crippen LogP contribution in [0, 0.1) is 24.7 Å². The Morgan fingerprint density at radius 2 is 1.43 bits per heavy atom. The van der Waals surface area contributed by atoms with Crippen molar-refractivity contribution in [3.05, 3.63) is 71.8 Å². The van der Waals surface area contributed by atoms with E-state index in [2.05, 4.69) is 67.6 Å². The van der Waals surface area contributed by atoms with Gasteiger partial charge in [-0.05, 0) is 96.9 Å². The maximum absolute atomic E-state index is 6.23. The highest BCUT2D eigenvalue weighted by molar-refractivity contribution is 6.12. The van der Waals surface area contributed by atoms with Crippen LogP contribution in [0.3, 0.4) is 0 Å². The fourth-order valence-corrected chi connectivity index (χ4v) is 7.70. The molecule has 1 heteroatoms. The molecule has 1 nitrogen and oxygen atoms in total. The van der Waals surface area contributed by atoms with Gasteiger partial charge in [0.1, 0.15) is 11.2 Å². The Hall–Kier alpha value is -2.54. The summed E-state index contributed by atoms with van der Waals surface area (Å²) < 4.78 is 6.23. The van der Waals surface area contributed by atoms with Gasteiger partial charge in [0, 0.05) is 10.8 Å². The van der Waals surface area contributed by atoms with Gasteiger partial charge in [0.15, 0.2) is 0 Å². The Kier molecular flexibility index (Phi) is 3.44. The lowest BCUT2D eigenvalue weighted by atomic mass is 9.48. The maximum Gasteiger partial charge on any atom is 0.138 e. The van der Waals surface area contributed by atoms with E-state index < -0.39 is 0 Å². The average Bonchev–Trinajstić information content (AvgIpc) is 3.13. The van der Waals surface area contributed by atoms with Crippen molar-refractivity contribution >= 4 is 21.9 Å². The molecular formula is C29H28O. The number of rotatable bonds is 2. The van der Waals surface area contributed by atoms with Gasteiger partial charge < -0.3 is 4.42 Å². The number of hydrogen-bond donors (Lipinski definition) is 0. The third-order valence-corrected chi connectivity index (χ3v) is 8.57. The molecule has 1 heterocycles. The molecule has 3 aromatic carbocycles. The van der Waals surface area contributed by atoms with E-state index in [1.165, 1.54) is 66.0 Å². The normalized spacial score (nSPS) is 29.8. The van der Waals surface area contributed by atoms with Gasteiger partial charge in [-0.1, -0.05) is 54.6 Å². The van der Waals surface area contributed by atoms with Crippen molar-refractivity contribution in [3.63, 3.8) is 0 Å². The fourth-order valence-electron chi connectivity index (χ4n) is 7.70. The van der Waals surface area contributed by atoms with E-state index in [-0.39, 0.29) is 0 Å². The second-order valence-electron chi connectivity index (χ2n) is 10.5. The van der Waals surface area contributed by atoms with E-state index in [1.807, 2.05) is 0 Å². The Balaban J connectivity index is 1.33. The van der Waals surface area contributed by atoms with E-state index in [0.29, 0.717) is 5.41 Å². The molecule has 0 amide bonds. The van der Waals surface area contributed by atoms with Gasteiger partial charge >= 0.3 is 0 Å². The molecule has 4 aliphatic carbocycles. The van der Waals surface area contributed by atoms with Crippen molar-refractivity contribution in [2.45, 2.75) is 50.9 Å². The van der Waals surface area contributed by atoms with Crippen LogP contribution in [-0.4, -0.2) is 0 Å². The first-order chi connectivity index (χ1) is 14.7. The first kappa shape index (κ1) is 17.2. The molecule has 0 saturated heterocycles. The predicted octanol–water partition coefficient (Wildman–Crippen LogP) is 8.03. The van der Waals surface area contributed by atoms with Crippen LogP contribution in [0.5, 0.6) is 0 Å². The van der Waals surface area contributed by atoms with E-state index in [0.717, 1.165) is 28.9 Å². The first-order valence-corrected chi connectivity index (χ1v) is 11.7. The van der Waals surface area contributed by atoms with E-state index >= 15 is 0 Å². The van der Waals surface area contributed by atoms with Crippen LogP contribution in [0.1, 0.15) is 49.7 Å². The highest BCUT2D eigenvalue weighted by atomic mass is 16.3. The van der Waals surface area contributed by atoms with Gasteiger partial charge in [-0.25, -0.2) is 0 Å². The van der Waals surface area contributed by atoms with Crippen molar-refractivity contribution in [2.75, 3.05) is 0 Å². The summed E-state index contributed by atoms with van der Waals surface area (Å²) in [6.45, 7) is 2.13. The van der Waals surface area contributed by atoms with Crippen LogP contribution in [0.2, 0.25) is 0 Å². The molecule has 0 atom stereocenters. The largest absolute Gasteiger partial charge is 0.456 e. The highest BCUT2D eigenvalue weighted by Gasteiger charge is 2.51. The summed E-state index contributed by atoms with van der Waals surface area (Å²) in [4.78, 5) is 0. The van der Waals surface area contributed by atoms with Gasteiger partial charge in [-0.2, -0.15) is 0 Å². The maximum atomic E-state index is 6.23. The molecule has 8 rings (SSSR count). The minimum absolute atomic E-state index is 0.471. The van der Waals surface area contributed by atoms with E-state index in [1.54, 1.807) is 5.56 Å². The third kappa shape index (κ3) is 2.35. The van der Waals surface area contributed by atoms with Crippen LogP contribution in [-0.2, 0) is 5.41 Å². The summed E-state index contributed by atoms with van der Waals surface area (Å²) in [5, 5.41) is 2.48. The van der Waals surface area contributed by atoms with Crippen LogP contribution in [0.4, 0.5) is 0 Å². The lowest BCUT2D eigenvalue weighted by Gasteiger charge is -2.57. The van der Waals surface area contributed by atoms with Crippen molar-refractivity contribution in [3.8, 4) is 11.1 Å². The molecule has 1 aromatic heterocycles. The zero-order valence-corrected chi connectivity index (χ0v) is 17.7. The van der Waals surface area contributed by atoms with Crippen molar-refractivity contribution in [1.82, 2.24) is 0 Å². The summed E-state index contributed by atoms with van der Waals surface area (Å²) in [5.41, 5.74) is 7.87. The minimum Gasteiger partial charge on any atom is -0.456 e. The average molecular weight is 393 g/mol. The number of hydrogen-bond acceptors (Lipinski definition) is 1. The van der Waals surface area contributed by atoms with Crippen LogP contribution in [0.15, 0.2) is 65.1 Å². The van der Waals surface area contributed by atoms with Gasteiger partial charge in [0.05, 0.1) is 0 Å². The molecule has 0 unspecified atom stereocenters. The Morgan fingerprint density at radius 1 is 0.767 bits per heavy atom. The smallest absolute Gasteiger partial charge is 0.138 e. The Morgan fingerprint density at radius 3 is 2.13 bits per heavy atom. The molecule has 4 aliphatic rings. The molecule has 150 valence electrons. The lowest BCUT2D eigenvalue weighted by molar-refractivity contribution is -0.00518. The summed E-state index contributed by atoms with van der Waals surface area (Å²) in [6, 6.07) is 22.6. The van der Waals surface area contributed by atoms with Crippen LogP contribution >= 0.6 is 0 Å². The number of para-hydroxylation sites is 1. The van der Waals surface area contributed by atoms with E-state index in [9.17, 15) is 0 Å². The number of aryl methyl sites for hydroxylation is 1. The molecule has 0 aliphatic heterocycles. The van der Waals surface area contributed by atoms with Gasteiger partial charge in [-0.3, -0.25) is 0 Å². The first-order valence-electron chi connectivity index (χ1n) is 11.7. The molecule has 4 fully saturated rings. The molecule has 0 spiro atoms. The van der Waals surface area contributed by atoms with Gasteiger partial charge in [0.25, 0.3) is 0 Å². The topological polar surface area (TPSA) is 13.1 Å². The lowest BCUT2D eigenvalue weighted by Crippen LogP contribution is -2.48. The molecule has 30 heavy (non-hydrogen) atoms. The van der Waals surface area contributed by atoms with Crippen molar-refractivity contribution < 1.29 is 4.42 Å². The van der Waals surface area contributed by atoms with E-state index in [4.69, 9.17) is 4.42 Å². The summed E-state index contributed by atoms with van der Waals surface area (Å²) in [7, 11) is 0. The fraction of sp³-hybridized carbons (Fsp3) is 0.379. The van der Waals surface area contributed by atoms with Crippen molar-refractivity contribution in [2.24, 2.45) is 17.8 Å². The number of fused-ring (bicyclic) bond motifs is 3. The zero-order chi connectivity index (χ0) is 19.9. The number of furan rings is 1. The Labute approximate surface area is 178 Å². The summed E-state index contributed by atoms with van der Waals surface area (Å²) in [5.74, 6) is 2.97. The van der Waals surface area contributed by atoms with Gasteiger partial charge in [0.2, 0.25) is 0 Å². The van der Waals surface area contributed by atoms with Crippen molar-refractivity contribution in [1.29, 1.82) is 0 Å². The molecule has 0 N–H and O–H groups in total. The predicted molar refractivity (Wildman–Crippen MR) is 124 cm³/mol. The quantitative estimate of drug-likeness (QED) is 0.336. The van der Waals surface area contributed by atoms with Gasteiger partial charge in [-0.15, -0.1) is 0 Å². The third-order valence-electron chi connectivity index (χ3n) is 8.57. The monoisotopic (exact) mass is 392 g/mol. The second-order valence-corrected chi connectivity index (χ2v) is 10.5. The Bertz CT molecular complexity index is 1240. The molecule has 4 saturated carbocycles. The second kappa shape index (κ2) is 6.00. The van der Waals surface area contributed by atoms with Crippen LogP contribution in [0.25, 0.3) is 33.1 Å². The molecule has 4 aromatic rings. The summed E-state index contributed by atoms with van der Waals surface area (Å²) in [6.07, 6.45) is 8.81. The highest BCUT2D eigenvalue weighted by Crippen LogP contribution is 2.60. The standard InChI is InChI=1S/C29H28O/c1-18-4-2-6-25-27-24(5-3-7-26(27)30-28(18)25)22-8-10-23(11-9-22)29-15-19-12-20(16-29)14-21(13-19)17-29/h2-11,19-21H,12-17H2,1H3. The molecule has 0 radical (unpaired) electrons. The molecule has 4 bridgehead atoms. The minimum atomic E-state index is 0.471. The SMILES string of the molecule is Cc1cccc2c1oc1cccc(-c3ccc(C45CC6CC(CC(C6)C4)C5)cc3)c12. The zero-order valence-electron chi connectivity index (χ0n) is 17.7. The van der Waals surface area contributed by atoms with Crippen LogP contribution < -0.4 is 0 Å². The molecular weight excluding hydrogens is 364 g/mol. The number of benzene rings is 3.